The van der Waals surface area contributed by atoms with Crippen molar-refractivity contribution < 1.29 is 19.4 Å². The summed E-state index contributed by atoms with van der Waals surface area (Å²) in [5.41, 5.74) is 5.46. The van der Waals surface area contributed by atoms with E-state index in [9.17, 15) is 9.59 Å². The van der Waals surface area contributed by atoms with Crippen LogP contribution in [0.4, 0.5) is 0 Å². The maximum Gasteiger partial charge on any atom is 0.321 e. The first-order chi connectivity index (χ1) is 9.52. The average molecular weight is 305 g/mol. The summed E-state index contributed by atoms with van der Waals surface area (Å²) < 4.78 is 5.03. The number of carboxylic acid groups (broad SMARTS) is 1. The number of thioether (sulfide) groups is 1. The molecule has 0 heterocycles. The normalized spacial score (nSPS) is 13.8. The van der Waals surface area contributed by atoms with Crippen molar-refractivity contribution in [1.29, 1.82) is 0 Å². The monoisotopic (exact) mass is 305 g/mol. The Kier molecular flexibility index (Phi) is 11.6. The van der Waals surface area contributed by atoms with Crippen LogP contribution in [0.3, 0.4) is 0 Å². The highest BCUT2D eigenvalue weighted by molar-refractivity contribution is 8.00. The van der Waals surface area contributed by atoms with Crippen LogP contribution in [0.1, 0.15) is 52.4 Å². The van der Waals surface area contributed by atoms with E-state index in [-0.39, 0.29) is 17.0 Å². The number of hydrogen-bond acceptors (Lipinski definition) is 5. The van der Waals surface area contributed by atoms with Crippen LogP contribution in [-0.4, -0.2) is 40.7 Å². The first-order valence-electron chi connectivity index (χ1n) is 7.29. The summed E-state index contributed by atoms with van der Waals surface area (Å²) in [5, 5.41) is 8.45. The summed E-state index contributed by atoms with van der Waals surface area (Å²) in [5.74, 6) is -1.07. The van der Waals surface area contributed by atoms with Gasteiger partial charge < -0.3 is 15.6 Å². The summed E-state index contributed by atoms with van der Waals surface area (Å²) in [6.07, 6.45) is 6.34. The lowest BCUT2D eigenvalue weighted by Gasteiger charge is -2.16. The van der Waals surface area contributed by atoms with E-state index in [4.69, 9.17) is 15.6 Å². The lowest BCUT2D eigenvalue weighted by atomic mass is 10.1. The summed E-state index contributed by atoms with van der Waals surface area (Å²) in [4.78, 5) is 22.5. The standard InChI is InChI=1S/C14H27NO4S/c1-3-5-6-7-8-9-12(14(18)19-4-2)20-10-11(15)13(16)17/h11-12H,3-10,15H2,1-2H3,(H,16,17)/t11-,12?/m0/s1. The molecule has 0 spiro atoms. The van der Waals surface area contributed by atoms with Gasteiger partial charge in [-0.15, -0.1) is 11.8 Å². The Morgan fingerprint density at radius 2 is 1.85 bits per heavy atom. The molecule has 0 saturated carbocycles. The van der Waals surface area contributed by atoms with Gasteiger partial charge in [0.05, 0.1) is 6.61 Å². The molecule has 6 heteroatoms. The molecule has 0 fully saturated rings. The molecule has 3 N–H and O–H groups in total. The number of nitrogens with two attached hydrogens (primary N) is 1. The van der Waals surface area contributed by atoms with Crippen LogP contribution in [0.5, 0.6) is 0 Å². The summed E-state index contributed by atoms with van der Waals surface area (Å²) in [6, 6.07) is -0.933. The second kappa shape index (κ2) is 12.0. The van der Waals surface area contributed by atoms with E-state index >= 15 is 0 Å². The highest BCUT2D eigenvalue weighted by Crippen LogP contribution is 2.21. The molecule has 0 saturated heterocycles. The molecular formula is C14H27NO4S. The van der Waals surface area contributed by atoms with Gasteiger partial charge in [0, 0.05) is 5.75 Å². The third-order valence-corrected chi connectivity index (χ3v) is 4.30. The molecule has 118 valence electrons. The number of esters is 1. The number of carbonyl (C=O) groups excluding carboxylic acids is 1. The van der Waals surface area contributed by atoms with Gasteiger partial charge in [-0.25, -0.2) is 0 Å². The molecule has 0 aliphatic heterocycles. The van der Waals surface area contributed by atoms with Gasteiger partial charge in [0.15, 0.2) is 0 Å². The van der Waals surface area contributed by atoms with Crippen molar-refractivity contribution in [2.75, 3.05) is 12.4 Å². The zero-order valence-electron chi connectivity index (χ0n) is 12.5. The molecule has 5 nitrogen and oxygen atoms in total. The highest BCUT2D eigenvalue weighted by Gasteiger charge is 2.22. The lowest BCUT2D eigenvalue weighted by molar-refractivity contribution is -0.142. The number of carbonyl (C=O) groups is 2. The molecule has 0 aliphatic rings. The van der Waals surface area contributed by atoms with Gasteiger partial charge in [0.25, 0.3) is 0 Å². The van der Waals surface area contributed by atoms with Crippen LogP contribution in [0.15, 0.2) is 0 Å². The molecule has 1 unspecified atom stereocenters. The lowest BCUT2D eigenvalue weighted by Crippen LogP contribution is -2.34. The van der Waals surface area contributed by atoms with Gasteiger partial charge in [0.2, 0.25) is 0 Å². The minimum atomic E-state index is -1.04. The third-order valence-electron chi connectivity index (χ3n) is 2.91. The Morgan fingerprint density at radius 3 is 2.40 bits per heavy atom. The van der Waals surface area contributed by atoms with Gasteiger partial charge in [-0.1, -0.05) is 39.0 Å². The van der Waals surface area contributed by atoms with Crippen LogP contribution in [0.2, 0.25) is 0 Å². The van der Waals surface area contributed by atoms with E-state index in [1.807, 2.05) is 0 Å². The highest BCUT2D eigenvalue weighted by atomic mass is 32.2. The molecule has 0 aliphatic carbocycles. The van der Waals surface area contributed by atoms with Gasteiger partial charge in [-0.3, -0.25) is 9.59 Å². The summed E-state index contributed by atoms with van der Waals surface area (Å²) in [6.45, 7) is 4.27. The molecule has 0 rings (SSSR count). The van der Waals surface area contributed by atoms with Gasteiger partial charge in [0.1, 0.15) is 11.3 Å². The first kappa shape index (κ1) is 19.2. The molecule has 0 bridgehead atoms. The van der Waals surface area contributed by atoms with Gasteiger partial charge >= 0.3 is 11.9 Å². The number of aliphatic carboxylic acids is 1. The quantitative estimate of drug-likeness (QED) is 0.425. The Morgan fingerprint density at radius 1 is 1.20 bits per heavy atom. The van der Waals surface area contributed by atoms with E-state index in [0.29, 0.717) is 6.61 Å². The molecule has 0 aromatic carbocycles. The fraction of sp³-hybridized carbons (Fsp3) is 0.857. The minimum Gasteiger partial charge on any atom is -0.480 e. The van der Waals surface area contributed by atoms with E-state index in [1.165, 1.54) is 31.0 Å². The Bertz CT molecular complexity index is 286. The van der Waals surface area contributed by atoms with Crippen LogP contribution in [0.25, 0.3) is 0 Å². The van der Waals surface area contributed by atoms with Crippen LogP contribution in [0, 0.1) is 0 Å². The van der Waals surface area contributed by atoms with E-state index in [1.54, 1.807) is 6.92 Å². The zero-order valence-corrected chi connectivity index (χ0v) is 13.3. The topological polar surface area (TPSA) is 89.6 Å². The maximum absolute atomic E-state index is 11.8. The minimum absolute atomic E-state index is 0.230. The zero-order chi connectivity index (χ0) is 15.4. The third kappa shape index (κ3) is 9.20. The Labute approximate surface area is 125 Å². The molecule has 0 amide bonds. The second-order valence-electron chi connectivity index (χ2n) is 4.72. The Balaban J connectivity index is 4.13. The predicted octanol–water partition coefficient (Wildman–Crippen LogP) is 2.42. The maximum atomic E-state index is 11.8. The van der Waals surface area contributed by atoms with E-state index in [0.717, 1.165) is 19.3 Å². The van der Waals surface area contributed by atoms with Crippen molar-refractivity contribution in [1.82, 2.24) is 0 Å². The van der Waals surface area contributed by atoms with Crippen LogP contribution < -0.4 is 5.73 Å². The second-order valence-corrected chi connectivity index (χ2v) is 5.96. The van der Waals surface area contributed by atoms with Crippen molar-refractivity contribution in [2.45, 2.75) is 63.7 Å². The molecule has 0 radical (unpaired) electrons. The Hall–Kier alpha value is -0.750. The fourth-order valence-corrected chi connectivity index (χ4v) is 2.85. The number of rotatable bonds is 12. The molecule has 2 atom stereocenters. The molecule has 20 heavy (non-hydrogen) atoms. The van der Waals surface area contributed by atoms with Crippen LogP contribution >= 0.6 is 11.8 Å². The van der Waals surface area contributed by atoms with Gasteiger partial charge in [-0.05, 0) is 13.3 Å². The number of ether oxygens (including phenoxy) is 1. The predicted molar refractivity (Wildman–Crippen MR) is 81.9 cm³/mol. The van der Waals surface area contributed by atoms with E-state index in [2.05, 4.69) is 6.92 Å². The largest absolute Gasteiger partial charge is 0.480 e. The van der Waals surface area contributed by atoms with Crippen molar-refractivity contribution in [3.05, 3.63) is 0 Å². The number of unbranched alkanes of at least 4 members (excludes halogenated alkanes) is 4. The van der Waals surface area contributed by atoms with Gasteiger partial charge in [-0.2, -0.15) is 0 Å². The summed E-state index contributed by atoms with van der Waals surface area (Å²) in [7, 11) is 0. The smallest absolute Gasteiger partial charge is 0.321 e. The first-order valence-corrected chi connectivity index (χ1v) is 8.34. The van der Waals surface area contributed by atoms with E-state index < -0.39 is 12.0 Å². The van der Waals surface area contributed by atoms with Crippen molar-refractivity contribution in [3.63, 3.8) is 0 Å². The van der Waals surface area contributed by atoms with Crippen molar-refractivity contribution in [2.24, 2.45) is 5.73 Å². The fourth-order valence-electron chi connectivity index (χ4n) is 1.73. The van der Waals surface area contributed by atoms with Crippen molar-refractivity contribution in [3.8, 4) is 0 Å². The number of carboxylic acids is 1. The summed E-state index contributed by atoms with van der Waals surface area (Å²) >= 11 is 1.29. The average Bonchev–Trinajstić information content (AvgIpc) is 2.41. The van der Waals surface area contributed by atoms with Crippen LogP contribution in [-0.2, 0) is 14.3 Å². The van der Waals surface area contributed by atoms with Crippen molar-refractivity contribution >= 4 is 23.7 Å². The molecular weight excluding hydrogens is 278 g/mol. The molecule has 0 aromatic heterocycles. The SMILES string of the molecule is CCCCCCCC(SC[C@H](N)C(=O)O)C(=O)OCC. The molecule has 0 aromatic rings. The number of hydrogen-bond donors (Lipinski definition) is 2.